The fourth-order valence-corrected chi connectivity index (χ4v) is 2.19. The summed E-state index contributed by atoms with van der Waals surface area (Å²) in [6.45, 7) is 3.94. The van der Waals surface area contributed by atoms with Gasteiger partial charge in [0.15, 0.2) is 5.82 Å². The van der Waals surface area contributed by atoms with Gasteiger partial charge in [-0.2, -0.15) is 22.9 Å². The zero-order valence-electron chi connectivity index (χ0n) is 12.3. The van der Waals surface area contributed by atoms with Crippen molar-refractivity contribution in [1.29, 1.82) is 0 Å². The fraction of sp³-hybridized carbons (Fsp3) is 0.357. The summed E-state index contributed by atoms with van der Waals surface area (Å²) in [6.07, 6.45) is -0.978. The number of thioether (sulfide) groups is 1. The van der Waals surface area contributed by atoms with Gasteiger partial charge in [0.2, 0.25) is 5.16 Å². The molecule has 2 aromatic rings. The van der Waals surface area contributed by atoms with Crippen molar-refractivity contribution < 1.29 is 13.2 Å². The Morgan fingerprint density at radius 3 is 2.32 bits per heavy atom. The highest BCUT2D eigenvalue weighted by molar-refractivity contribution is 7.98. The van der Waals surface area contributed by atoms with Crippen molar-refractivity contribution in [3.63, 3.8) is 0 Å². The van der Waals surface area contributed by atoms with Crippen LogP contribution in [-0.2, 0) is 6.18 Å². The molecule has 0 atom stereocenters. The van der Waals surface area contributed by atoms with Crippen LogP contribution in [0.25, 0.3) is 0 Å². The van der Waals surface area contributed by atoms with Gasteiger partial charge >= 0.3 is 6.18 Å². The number of hydrogen-bond acceptors (Lipinski definition) is 4. The summed E-state index contributed by atoms with van der Waals surface area (Å²) in [5.74, 6) is 0.839. The zero-order chi connectivity index (χ0) is 16.3. The third-order valence-corrected chi connectivity index (χ3v) is 3.52. The Kier molecular flexibility index (Phi) is 4.90. The number of halogens is 3. The summed E-state index contributed by atoms with van der Waals surface area (Å²) in [5.41, 5.74) is -0.106. The average molecular weight is 328 g/mol. The van der Waals surface area contributed by atoms with Gasteiger partial charge in [0.05, 0.1) is 11.8 Å². The van der Waals surface area contributed by atoms with Gasteiger partial charge in [-0.3, -0.25) is 0 Å². The first-order valence-electron chi connectivity index (χ1n) is 6.54. The molecule has 0 radical (unpaired) electrons. The smallest absolute Gasteiger partial charge is 0.191 e. The molecule has 0 amide bonds. The van der Waals surface area contributed by atoms with Crippen LogP contribution in [0.15, 0.2) is 34.5 Å². The topological polar surface area (TPSA) is 43.1 Å². The number of rotatable bonds is 4. The summed E-state index contributed by atoms with van der Waals surface area (Å²) in [6, 6.07) is 4.83. The van der Waals surface area contributed by atoms with Gasteiger partial charge in [0.1, 0.15) is 0 Å². The second-order valence-electron chi connectivity index (χ2n) is 4.88. The molecule has 0 saturated carbocycles. The molecule has 22 heavy (non-hydrogen) atoms. The molecule has 0 fully saturated rings. The standard InChI is InChI=1S/C14H15F3N4S/c1-9(2)12-19-20-13(22-3)21(12)18-8-10-4-6-11(7-5-10)14(15,16)17/h4-9H,1-3H3/b18-8-. The maximum atomic E-state index is 12.5. The van der Waals surface area contributed by atoms with E-state index in [1.54, 1.807) is 4.68 Å². The monoisotopic (exact) mass is 328 g/mol. The molecular weight excluding hydrogens is 313 g/mol. The highest BCUT2D eigenvalue weighted by Crippen LogP contribution is 2.29. The maximum Gasteiger partial charge on any atom is 0.416 e. The molecule has 0 unspecified atom stereocenters. The number of alkyl halides is 3. The van der Waals surface area contributed by atoms with E-state index in [0.29, 0.717) is 16.5 Å². The lowest BCUT2D eigenvalue weighted by Gasteiger charge is -2.06. The Morgan fingerprint density at radius 2 is 1.82 bits per heavy atom. The lowest BCUT2D eigenvalue weighted by atomic mass is 10.1. The van der Waals surface area contributed by atoms with E-state index in [0.717, 1.165) is 12.1 Å². The third kappa shape index (κ3) is 3.68. The number of hydrogen-bond donors (Lipinski definition) is 0. The van der Waals surface area contributed by atoms with Crippen LogP contribution in [0.4, 0.5) is 13.2 Å². The van der Waals surface area contributed by atoms with E-state index in [9.17, 15) is 13.2 Å². The van der Waals surface area contributed by atoms with Crippen LogP contribution in [0, 0.1) is 0 Å². The molecule has 4 nitrogen and oxygen atoms in total. The zero-order valence-corrected chi connectivity index (χ0v) is 13.1. The van der Waals surface area contributed by atoms with Crippen molar-refractivity contribution in [3.8, 4) is 0 Å². The van der Waals surface area contributed by atoms with Crippen LogP contribution in [-0.4, -0.2) is 27.3 Å². The molecule has 8 heteroatoms. The van der Waals surface area contributed by atoms with E-state index in [1.165, 1.54) is 30.1 Å². The highest BCUT2D eigenvalue weighted by atomic mass is 32.2. The van der Waals surface area contributed by atoms with Crippen LogP contribution in [0.5, 0.6) is 0 Å². The molecule has 0 aliphatic heterocycles. The fourth-order valence-electron chi connectivity index (χ4n) is 1.76. The lowest BCUT2D eigenvalue weighted by molar-refractivity contribution is -0.137. The molecule has 118 valence electrons. The molecule has 0 saturated heterocycles. The molecular formula is C14H15F3N4S. The van der Waals surface area contributed by atoms with Gasteiger partial charge in [-0.05, 0) is 24.0 Å². The largest absolute Gasteiger partial charge is 0.416 e. The first-order valence-corrected chi connectivity index (χ1v) is 7.76. The summed E-state index contributed by atoms with van der Waals surface area (Å²) in [7, 11) is 0. The van der Waals surface area contributed by atoms with Crippen molar-refractivity contribution in [2.75, 3.05) is 6.26 Å². The van der Waals surface area contributed by atoms with Crippen LogP contribution < -0.4 is 0 Å². The van der Waals surface area contributed by atoms with E-state index in [4.69, 9.17) is 0 Å². The molecule has 1 heterocycles. The van der Waals surface area contributed by atoms with Crippen LogP contribution in [0.2, 0.25) is 0 Å². The maximum absolute atomic E-state index is 12.5. The van der Waals surface area contributed by atoms with Gasteiger partial charge in [0, 0.05) is 5.92 Å². The van der Waals surface area contributed by atoms with Crippen molar-refractivity contribution in [1.82, 2.24) is 14.9 Å². The summed E-state index contributed by atoms with van der Waals surface area (Å²) >= 11 is 1.40. The van der Waals surface area contributed by atoms with Crippen LogP contribution in [0.3, 0.4) is 0 Å². The molecule has 0 spiro atoms. The third-order valence-electron chi connectivity index (χ3n) is 2.90. The number of benzene rings is 1. The summed E-state index contributed by atoms with van der Waals surface area (Å²) in [4.78, 5) is 0. The average Bonchev–Trinajstić information content (AvgIpc) is 2.87. The molecule has 1 aromatic heterocycles. The van der Waals surface area contributed by atoms with Crippen molar-refractivity contribution >= 4 is 18.0 Å². The first kappa shape index (κ1) is 16.5. The summed E-state index contributed by atoms with van der Waals surface area (Å²) < 4.78 is 39.1. The Hall–Kier alpha value is -1.83. The van der Waals surface area contributed by atoms with Crippen LogP contribution in [0.1, 0.15) is 36.7 Å². The Balaban J connectivity index is 2.27. The van der Waals surface area contributed by atoms with Crippen molar-refractivity contribution in [2.45, 2.75) is 31.1 Å². The molecule has 2 rings (SSSR count). The quantitative estimate of drug-likeness (QED) is 0.629. The Labute approximate surface area is 130 Å². The van der Waals surface area contributed by atoms with Gasteiger partial charge < -0.3 is 0 Å². The highest BCUT2D eigenvalue weighted by Gasteiger charge is 2.29. The minimum atomic E-state index is -4.33. The molecule has 1 aromatic carbocycles. The van der Waals surface area contributed by atoms with Crippen LogP contribution >= 0.6 is 11.8 Å². The summed E-state index contributed by atoms with van der Waals surface area (Å²) in [5, 5.41) is 13.0. The molecule has 0 aliphatic carbocycles. The van der Waals surface area contributed by atoms with Crippen molar-refractivity contribution in [2.24, 2.45) is 5.10 Å². The first-order chi connectivity index (χ1) is 10.3. The lowest BCUT2D eigenvalue weighted by Crippen LogP contribution is -2.05. The number of aromatic nitrogens is 3. The van der Waals surface area contributed by atoms with E-state index < -0.39 is 11.7 Å². The van der Waals surface area contributed by atoms with Crippen molar-refractivity contribution in [3.05, 3.63) is 41.2 Å². The molecule has 0 N–H and O–H groups in total. The minimum absolute atomic E-state index is 0.137. The van der Waals surface area contributed by atoms with Gasteiger partial charge in [0.25, 0.3) is 0 Å². The van der Waals surface area contributed by atoms with Gasteiger partial charge in [-0.25, -0.2) is 0 Å². The normalized spacial score (nSPS) is 12.5. The SMILES string of the molecule is CSc1nnc(C(C)C)n1/N=C\c1ccc(C(F)(F)F)cc1. The Morgan fingerprint density at radius 1 is 1.18 bits per heavy atom. The van der Waals surface area contributed by atoms with E-state index in [2.05, 4.69) is 15.3 Å². The van der Waals surface area contributed by atoms with Gasteiger partial charge in [-0.1, -0.05) is 37.7 Å². The predicted octanol–water partition coefficient (Wildman–Crippen LogP) is 4.02. The van der Waals surface area contributed by atoms with E-state index >= 15 is 0 Å². The Bertz CT molecular complexity index is 660. The molecule has 0 aliphatic rings. The van der Waals surface area contributed by atoms with E-state index in [1.807, 2.05) is 20.1 Å². The second-order valence-corrected chi connectivity index (χ2v) is 5.65. The van der Waals surface area contributed by atoms with Gasteiger partial charge in [-0.15, -0.1) is 10.2 Å². The molecule has 0 bridgehead atoms. The number of nitrogens with zero attached hydrogens (tertiary/aromatic N) is 4. The van der Waals surface area contributed by atoms with E-state index in [-0.39, 0.29) is 5.92 Å². The minimum Gasteiger partial charge on any atom is -0.191 e. The predicted molar refractivity (Wildman–Crippen MR) is 80.3 cm³/mol. The second kappa shape index (κ2) is 6.51.